The normalized spacial score (nSPS) is 11.1. The van der Waals surface area contributed by atoms with Gasteiger partial charge in [-0.25, -0.2) is 5.48 Å². The van der Waals surface area contributed by atoms with E-state index in [1.54, 1.807) is 6.08 Å². The molecule has 0 radical (unpaired) electrons. The SMILES string of the molecule is Cn1cccc1/C=C/C(=O)NCCCCCCNO. The maximum absolute atomic E-state index is 11.5. The van der Waals surface area contributed by atoms with Crippen molar-refractivity contribution in [3.63, 3.8) is 0 Å². The van der Waals surface area contributed by atoms with Gasteiger partial charge in [0.25, 0.3) is 0 Å². The third kappa shape index (κ3) is 6.79. The van der Waals surface area contributed by atoms with Crippen LogP contribution in [0.15, 0.2) is 24.4 Å². The number of rotatable bonds is 9. The van der Waals surface area contributed by atoms with Crippen molar-refractivity contribution in [2.24, 2.45) is 7.05 Å². The van der Waals surface area contributed by atoms with Crippen LogP contribution in [0.4, 0.5) is 0 Å². The van der Waals surface area contributed by atoms with Gasteiger partial charge < -0.3 is 15.1 Å². The third-order valence-corrected chi connectivity index (χ3v) is 2.90. The van der Waals surface area contributed by atoms with Crippen molar-refractivity contribution >= 4 is 12.0 Å². The molecule has 0 aromatic carbocycles. The summed E-state index contributed by atoms with van der Waals surface area (Å²) in [4.78, 5) is 11.5. The van der Waals surface area contributed by atoms with Gasteiger partial charge in [-0.3, -0.25) is 4.79 Å². The van der Waals surface area contributed by atoms with Crippen molar-refractivity contribution in [3.8, 4) is 0 Å². The van der Waals surface area contributed by atoms with Crippen LogP contribution in [-0.2, 0) is 11.8 Å². The van der Waals surface area contributed by atoms with Crippen molar-refractivity contribution in [1.29, 1.82) is 0 Å². The number of hydroxylamine groups is 1. The molecule has 0 aliphatic heterocycles. The molecular formula is C14H23N3O2. The van der Waals surface area contributed by atoms with E-state index < -0.39 is 0 Å². The summed E-state index contributed by atoms with van der Waals surface area (Å²) in [5.74, 6) is -0.0572. The number of hydrogen-bond donors (Lipinski definition) is 3. The van der Waals surface area contributed by atoms with E-state index in [4.69, 9.17) is 5.21 Å². The van der Waals surface area contributed by atoms with E-state index in [1.165, 1.54) is 0 Å². The van der Waals surface area contributed by atoms with Crippen LogP contribution in [-0.4, -0.2) is 28.8 Å². The Morgan fingerprint density at radius 3 is 2.68 bits per heavy atom. The van der Waals surface area contributed by atoms with Crippen LogP contribution < -0.4 is 10.8 Å². The lowest BCUT2D eigenvalue weighted by atomic mass is 10.2. The molecule has 3 N–H and O–H groups in total. The molecule has 0 saturated carbocycles. The summed E-state index contributed by atoms with van der Waals surface area (Å²) in [5, 5.41) is 11.2. The van der Waals surface area contributed by atoms with Gasteiger partial charge in [0, 0.05) is 38.1 Å². The fraction of sp³-hybridized carbons (Fsp3) is 0.500. The van der Waals surface area contributed by atoms with Gasteiger partial charge in [0.15, 0.2) is 0 Å². The van der Waals surface area contributed by atoms with Crippen molar-refractivity contribution in [1.82, 2.24) is 15.4 Å². The molecule has 1 amide bonds. The summed E-state index contributed by atoms with van der Waals surface area (Å²) in [6.07, 6.45) is 9.35. The van der Waals surface area contributed by atoms with Crippen LogP contribution >= 0.6 is 0 Å². The van der Waals surface area contributed by atoms with E-state index in [-0.39, 0.29) is 5.91 Å². The zero-order valence-corrected chi connectivity index (χ0v) is 11.4. The average molecular weight is 265 g/mol. The minimum Gasteiger partial charge on any atom is -0.353 e. The molecule has 1 aromatic rings. The van der Waals surface area contributed by atoms with Crippen LogP contribution in [0.25, 0.3) is 6.08 Å². The van der Waals surface area contributed by atoms with Gasteiger partial charge in [0.2, 0.25) is 5.91 Å². The first-order chi connectivity index (χ1) is 9.24. The lowest BCUT2D eigenvalue weighted by molar-refractivity contribution is -0.116. The summed E-state index contributed by atoms with van der Waals surface area (Å²) < 4.78 is 1.96. The van der Waals surface area contributed by atoms with E-state index >= 15 is 0 Å². The number of hydrogen-bond acceptors (Lipinski definition) is 3. The first-order valence-electron chi connectivity index (χ1n) is 6.68. The van der Waals surface area contributed by atoms with Gasteiger partial charge in [-0.2, -0.15) is 0 Å². The molecule has 5 nitrogen and oxygen atoms in total. The third-order valence-electron chi connectivity index (χ3n) is 2.90. The van der Waals surface area contributed by atoms with Crippen molar-refractivity contribution in [2.45, 2.75) is 25.7 Å². The summed E-state index contributed by atoms with van der Waals surface area (Å²) in [7, 11) is 1.94. The molecule has 0 aliphatic carbocycles. The average Bonchev–Trinajstić information content (AvgIpc) is 2.81. The number of amides is 1. The molecule has 1 aromatic heterocycles. The van der Waals surface area contributed by atoms with Crippen molar-refractivity contribution < 1.29 is 10.0 Å². The van der Waals surface area contributed by atoms with Crippen molar-refractivity contribution in [3.05, 3.63) is 30.1 Å². The second kappa shape index (κ2) is 9.35. The highest BCUT2D eigenvalue weighted by molar-refractivity contribution is 5.91. The highest BCUT2D eigenvalue weighted by Crippen LogP contribution is 2.01. The zero-order valence-electron chi connectivity index (χ0n) is 11.4. The quantitative estimate of drug-likeness (QED) is 0.362. The van der Waals surface area contributed by atoms with Gasteiger partial charge in [-0.1, -0.05) is 12.8 Å². The molecule has 19 heavy (non-hydrogen) atoms. The first kappa shape index (κ1) is 15.5. The molecule has 0 saturated heterocycles. The summed E-state index contributed by atoms with van der Waals surface area (Å²) >= 11 is 0. The van der Waals surface area contributed by atoms with E-state index in [2.05, 4.69) is 10.8 Å². The first-order valence-corrected chi connectivity index (χ1v) is 6.68. The van der Waals surface area contributed by atoms with Gasteiger partial charge >= 0.3 is 0 Å². The molecule has 1 heterocycles. The maximum atomic E-state index is 11.5. The Kier molecular flexibility index (Phi) is 7.62. The number of aryl methyl sites for hydroxylation is 1. The second-order valence-electron chi connectivity index (χ2n) is 4.49. The van der Waals surface area contributed by atoms with Gasteiger partial charge in [0.05, 0.1) is 0 Å². The molecule has 0 unspecified atom stereocenters. The molecule has 0 aliphatic rings. The van der Waals surface area contributed by atoms with Gasteiger partial charge in [-0.15, -0.1) is 0 Å². The molecule has 1 rings (SSSR count). The minimum atomic E-state index is -0.0572. The molecular weight excluding hydrogens is 242 g/mol. The monoisotopic (exact) mass is 265 g/mol. The molecule has 0 bridgehead atoms. The number of unbranched alkanes of at least 4 members (excludes halogenated alkanes) is 3. The Morgan fingerprint density at radius 2 is 2.05 bits per heavy atom. The number of nitrogens with zero attached hydrogens (tertiary/aromatic N) is 1. The highest BCUT2D eigenvalue weighted by atomic mass is 16.5. The predicted molar refractivity (Wildman–Crippen MR) is 75.7 cm³/mol. The second-order valence-corrected chi connectivity index (χ2v) is 4.49. The van der Waals surface area contributed by atoms with Crippen LogP contribution in [0.1, 0.15) is 31.4 Å². The van der Waals surface area contributed by atoms with Crippen LogP contribution in [0.3, 0.4) is 0 Å². The fourth-order valence-electron chi connectivity index (χ4n) is 1.76. The zero-order chi connectivity index (χ0) is 13.9. The van der Waals surface area contributed by atoms with Crippen LogP contribution in [0, 0.1) is 0 Å². The maximum Gasteiger partial charge on any atom is 0.244 e. The molecule has 0 fully saturated rings. The molecule has 5 heteroatoms. The standard InChI is InChI=1S/C14H23N3O2/c1-17-12-6-7-13(17)8-9-14(18)15-10-4-2-3-5-11-16-19/h6-9,12,16,19H,2-5,10-11H2,1H3,(H,15,18)/b9-8+. The Labute approximate surface area is 114 Å². The number of nitrogens with one attached hydrogen (secondary N) is 2. The summed E-state index contributed by atoms with van der Waals surface area (Å²) in [6, 6.07) is 3.90. The fourth-order valence-corrected chi connectivity index (χ4v) is 1.76. The van der Waals surface area contributed by atoms with Crippen LogP contribution in [0.5, 0.6) is 0 Å². The topological polar surface area (TPSA) is 66.3 Å². The van der Waals surface area contributed by atoms with E-state index in [9.17, 15) is 4.79 Å². The lowest BCUT2D eigenvalue weighted by Gasteiger charge is -2.02. The summed E-state index contributed by atoms with van der Waals surface area (Å²) in [6.45, 7) is 1.33. The van der Waals surface area contributed by atoms with Gasteiger partial charge in [0.1, 0.15) is 0 Å². The van der Waals surface area contributed by atoms with E-state index in [1.807, 2.05) is 36.0 Å². The minimum absolute atomic E-state index is 0.0572. The van der Waals surface area contributed by atoms with Crippen LogP contribution in [0.2, 0.25) is 0 Å². The Bertz CT molecular complexity index is 399. The van der Waals surface area contributed by atoms with Crippen molar-refractivity contribution in [2.75, 3.05) is 13.1 Å². The lowest BCUT2D eigenvalue weighted by Crippen LogP contribution is -2.22. The largest absolute Gasteiger partial charge is 0.353 e. The Hall–Kier alpha value is -1.59. The molecule has 0 spiro atoms. The smallest absolute Gasteiger partial charge is 0.244 e. The number of carbonyl (C=O) groups excluding carboxylic acids is 1. The van der Waals surface area contributed by atoms with E-state index in [0.29, 0.717) is 13.1 Å². The van der Waals surface area contributed by atoms with E-state index in [0.717, 1.165) is 31.4 Å². The van der Waals surface area contributed by atoms with Gasteiger partial charge in [-0.05, 0) is 31.1 Å². The summed E-state index contributed by atoms with van der Waals surface area (Å²) in [5.41, 5.74) is 3.14. The Morgan fingerprint density at radius 1 is 1.32 bits per heavy atom. The molecule has 0 atom stereocenters. The molecule has 106 valence electrons. The Balaban J connectivity index is 2.08. The number of aromatic nitrogens is 1. The highest BCUT2D eigenvalue weighted by Gasteiger charge is 1.96. The number of carbonyl (C=O) groups is 1. The predicted octanol–water partition coefficient (Wildman–Crippen LogP) is 1.69.